The van der Waals surface area contributed by atoms with E-state index in [0.29, 0.717) is 31.6 Å². The Morgan fingerprint density at radius 1 is 1.07 bits per heavy atom. The van der Waals surface area contributed by atoms with Gasteiger partial charge in [0, 0.05) is 25.1 Å². The number of hydrogen-bond donors (Lipinski definition) is 1. The van der Waals surface area contributed by atoms with Gasteiger partial charge in [-0.3, -0.25) is 4.79 Å². The maximum absolute atomic E-state index is 13.4. The lowest BCUT2D eigenvalue weighted by Gasteiger charge is -2.25. The summed E-state index contributed by atoms with van der Waals surface area (Å²) in [6.45, 7) is 1.71. The molecule has 1 spiro atoms. The van der Waals surface area contributed by atoms with Gasteiger partial charge < -0.3 is 15.0 Å². The third-order valence-electron chi connectivity index (χ3n) is 5.34. The summed E-state index contributed by atoms with van der Waals surface area (Å²) in [5.41, 5.74) is 1.77. The Hall–Kier alpha value is -2.89. The molecule has 1 atom stereocenters. The summed E-state index contributed by atoms with van der Waals surface area (Å²) in [6, 6.07) is 13.6. The Kier molecular flexibility index (Phi) is 4.56. The molecule has 0 bridgehead atoms. The highest BCUT2D eigenvalue weighted by Crippen LogP contribution is 2.30. The van der Waals surface area contributed by atoms with Crippen molar-refractivity contribution in [3.8, 4) is 11.1 Å². The molecule has 4 rings (SSSR count). The standard InChI is InChI=1S/C21H21FN2O3/c22-18-4-1-3-17(13-18)15-5-7-16(8-6-15)19(25)24-11-2-9-21(10-12-24)14-23-20(26)27-21/h1,3-8,13H,2,9-12,14H2,(H,23,26)/t21-/m0/s1. The number of carbonyl (C=O) groups is 2. The lowest BCUT2D eigenvalue weighted by Crippen LogP contribution is -2.36. The second-order valence-corrected chi connectivity index (χ2v) is 7.16. The van der Waals surface area contributed by atoms with Gasteiger partial charge in [0.05, 0.1) is 6.54 Å². The van der Waals surface area contributed by atoms with E-state index in [-0.39, 0.29) is 17.8 Å². The Morgan fingerprint density at radius 2 is 1.89 bits per heavy atom. The summed E-state index contributed by atoms with van der Waals surface area (Å²) in [5.74, 6) is -0.316. The maximum Gasteiger partial charge on any atom is 0.407 e. The molecule has 5 nitrogen and oxygen atoms in total. The molecule has 2 aromatic rings. The van der Waals surface area contributed by atoms with E-state index in [1.54, 1.807) is 18.2 Å². The number of likely N-dealkylation sites (tertiary alicyclic amines) is 1. The molecule has 2 heterocycles. The third-order valence-corrected chi connectivity index (χ3v) is 5.34. The Morgan fingerprint density at radius 3 is 2.59 bits per heavy atom. The molecule has 2 aromatic carbocycles. The first kappa shape index (κ1) is 17.5. The predicted octanol–water partition coefficient (Wildman–Crippen LogP) is 3.60. The van der Waals surface area contributed by atoms with Crippen LogP contribution in [-0.2, 0) is 4.74 Å². The number of benzene rings is 2. The van der Waals surface area contributed by atoms with Crippen LogP contribution in [0, 0.1) is 5.82 Å². The van der Waals surface area contributed by atoms with Crippen LogP contribution in [-0.4, -0.2) is 42.1 Å². The monoisotopic (exact) mass is 368 g/mol. The van der Waals surface area contributed by atoms with Crippen molar-refractivity contribution in [1.82, 2.24) is 10.2 Å². The molecule has 27 heavy (non-hydrogen) atoms. The minimum absolute atomic E-state index is 0.0323. The number of carbonyl (C=O) groups excluding carboxylic acids is 2. The lowest BCUT2D eigenvalue weighted by atomic mass is 9.95. The quantitative estimate of drug-likeness (QED) is 0.881. The lowest BCUT2D eigenvalue weighted by molar-refractivity contribution is 0.0438. The Balaban J connectivity index is 1.46. The van der Waals surface area contributed by atoms with E-state index in [2.05, 4.69) is 5.32 Å². The smallest absolute Gasteiger partial charge is 0.407 e. The normalized spacial score (nSPS) is 22.3. The third kappa shape index (κ3) is 3.65. The molecule has 140 valence electrons. The van der Waals surface area contributed by atoms with E-state index in [9.17, 15) is 14.0 Å². The van der Waals surface area contributed by atoms with Crippen LogP contribution in [0.25, 0.3) is 11.1 Å². The molecular formula is C21H21FN2O3. The van der Waals surface area contributed by atoms with Crippen LogP contribution in [0.1, 0.15) is 29.6 Å². The first-order chi connectivity index (χ1) is 13.0. The van der Waals surface area contributed by atoms with Crippen LogP contribution in [0.5, 0.6) is 0 Å². The van der Waals surface area contributed by atoms with Crippen molar-refractivity contribution in [2.45, 2.75) is 24.9 Å². The van der Waals surface area contributed by atoms with E-state index in [4.69, 9.17) is 4.74 Å². The van der Waals surface area contributed by atoms with Crippen molar-refractivity contribution in [3.63, 3.8) is 0 Å². The van der Waals surface area contributed by atoms with Crippen LogP contribution in [0.3, 0.4) is 0 Å². The van der Waals surface area contributed by atoms with Gasteiger partial charge in [0.1, 0.15) is 11.4 Å². The van der Waals surface area contributed by atoms with E-state index < -0.39 is 5.60 Å². The molecular weight excluding hydrogens is 347 g/mol. The SMILES string of the molecule is O=C1NC[C@@]2(CCCN(C(=O)c3ccc(-c4cccc(F)c4)cc3)CC2)O1. The fourth-order valence-corrected chi connectivity index (χ4v) is 3.81. The topological polar surface area (TPSA) is 58.6 Å². The first-order valence-electron chi connectivity index (χ1n) is 9.17. The highest BCUT2D eigenvalue weighted by Gasteiger charge is 2.41. The van der Waals surface area contributed by atoms with Crippen LogP contribution in [0.15, 0.2) is 48.5 Å². The zero-order valence-electron chi connectivity index (χ0n) is 14.9. The summed E-state index contributed by atoms with van der Waals surface area (Å²) in [5, 5.41) is 2.72. The second kappa shape index (κ2) is 7.02. The zero-order chi connectivity index (χ0) is 18.9. The number of halogens is 1. The molecule has 2 amide bonds. The van der Waals surface area contributed by atoms with Crippen LogP contribution in [0.4, 0.5) is 9.18 Å². The minimum Gasteiger partial charge on any atom is -0.441 e. The average molecular weight is 368 g/mol. The number of nitrogens with one attached hydrogen (secondary N) is 1. The first-order valence-corrected chi connectivity index (χ1v) is 9.17. The molecule has 0 unspecified atom stereocenters. The van der Waals surface area contributed by atoms with Crippen molar-refractivity contribution in [2.75, 3.05) is 19.6 Å². The molecule has 0 aromatic heterocycles. The van der Waals surface area contributed by atoms with Gasteiger partial charge in [0.2, 0.25) is 0 Å². The van der Waals surface area contributed by atoms with Gasteiger partial charge in [-0.1, -0.05) is 24.3 Å². The van der Waals surface area contributed by atoms with Gasteiger partial charge in [-0.05, 0) is 48.2 Å². The number of hydrogen-bond acceptors (Lipinski definition) is 3. The van der Waals surface area contributed by atoms with Crippen LogP contribution in [0.2, 0.25) is 0 Å². The van der Waals surface area contributed by atoms with Gasteiger partial charge in [-0.25, -0.2) is 9.18 Å². The van der Waals surface area contributed by atoms with Gasteiger partial charge >= 0.3 is 6.09 Å². The van der Waals surface area contributed by atoms with Crippen molar-refractivity contribution in [1.29, 1.82) is 0 Å². The molecule has 2 saturated heterocycles. The summed E-state index contributed by atoms with van der Waals surface area (Å²) in [4.78, 5) is 26.1. The average Bonchev–Trinajstić information content (AvgIpc) is 2.92. The van der Waals surface area contributed by atoms with Crippen molar-refractivity contribution < 1.29 is 18.7 Å². The molecule has 0 aliphatic carbocycles. The van der Waals surface area contributed by atoms with E-state index in [1.165, 1.54) is 12.1 Å². The van der Waals surface area contributed by atoms with Gasteiger partial charge in [-0.15, -0.1) is 0 Å². The zero-order valence-corrected chi connectivity index (χ0v) is 14.9. The highest BCUT2D eigenvalue weighted by atomic mass is 19.1. The second-order valence-electron chi connectivity index (χ2n) is 7.16. The highest BCUT2D eigenvalue weighted by molar-refractivity contribution is 5.94. The Labute approximate surface area is 157 Å². The van der Waals surface area contributed by atoms with Crippen molar-refractivity contribution in [3.05, 3.63) is 59.9 Å². The molecule has 6 heteroatoms. The van der Waals surface area contributed by atoms with E-state index in [1.807, 2.05) is 23.1 Å². The van der Waals surface area contributed by atoms with Crippen molar-refractivity contribution >= 4 is 12.0 Å². The molecule has 2 fully saturated rings. The number of amides is 2. The van der Waals surface area contributed by atoms with E-state index >= 15 is 0 Å². The maximum atomic E-state index is 13.4. The summed E-state index contributed by atoms with van der Waals surface area (Å²) in [6.07, 6.45) is 1.82. The number of alkyl carbamates (subject to hydrolysis) is 1. The van der Waals surface area contributed by atoms with Gasteiger partial charge in [-0.2, -0.15) is 0 Å². The van der Waals surface area contributed by atoms with Crippen LogP contribution < -0.4 is 5.32 Å². The fourth-order valence-electron chi connectivity index (χ4n) is 3.81. The summed E-state index contributed by atoms with van der Waals surface area (Å²) < 4.78 is 18.9. The minimum atomic E-state index is -0.479. The van der Waals surface area contributed by atoms with Crippen LogP contribution >= 0.6 is 0 Å². The number of rotatable bonds is 2. The predicted molar refractivity (Wildman–Crippen MR) is 98.8 cm³/mol. The van der Waals surface area contributed by atoms with Gasteiger partial charge in [0.15, 0.2) is 0 Å². The Bertz CT molecular complexity index is 868. The molecule has 2 aliphatic heterocycles. The number of nitrogens with zero attached hydrogens (tertiary/aromatic N) is 1. The van der Waals surface area contributed by atoms with E-state index in [0.717, 1.165) is 24.0 Å². The molecule has 2 aliphatic rings. The van der Waals surface area contributed by atoms with Gasteiger partial charge in [0.25, 0.3) is 5.91 Å². The fraction of sp³-hybridized carbons (Fsp3) is 0.333. The largest absolute Gasteiger partial charge is 0.441 e. The molecule has 0 saturated carbocycles. The van der Waals surface area contributed by atoms with Crippen molar-refractivity contribution in [2.24, 2.45) is 0 Å². The molecule has 1 N–H and O–H groups in total. The summed E-state index contributed by atoms with van der Waals surface area (Å²) >= 11 is 0. The number of ether oxygens (including phenoxy) is 1. The molecule has 0 radical (unpaired) electrons. The summed E-state index contributed by atoms with van der Waals surface area (Å²) in [7, 11) is 0.